The maximum absolute atomic E-state index is 13.1. The predicted octanol–water partition coefficient (Wildman–Crippen LogP) is 5.52. The third-order valence-electron chi connectivity index (χ3n) is 5.71. The lowest BCUT2D eigenvalue weighted by atomic mass is 9.79. The van der Waals surface area contributed by atoms with Crippen LogP contribution in [0.3, 0.4) is 0 Å². The number of aromatic nitrogens is 1. The number of rotatable bonds is 7. The number of amides is 1. The molecule has 4 rings (SSSR count). The highest BCUT2D eigenvalue weighted by Gasteiger charge is 2.35. The zero-order valence-electron chi connectivity index (χ0n) is 16.7. The second-order valence-corrected chi connectivity index (χ2v) is 8.77. The summed E-state index contributed by atoms with van der Waals surface area (Å²) in [7, 11) is 0. The zero-order chi connectivity index (χ0) is 20.1. The van der Waals surface area contributed by atoms with Crippen LogP contribution in [0.25, 0.3) is 0 Å². The molecule has 1 saturated carbocycles. The normalized spacial score (nSPS) is 15.3. The van der Waals surface area contributed by atoms with Gasteiger partial charge in [0, 0.05) is 22.9 Å². The zero-order valence-corrected chi connectivity index (χ0v) is 17.5. The van der Waals surface area contributed by atoms with Crippen molar-refractivity contribution in [3.63, 3.8) is 0 Å². The lowest BCUT2D eigenvalue weighted by molar-refractivity contribution is 0.0940. The van der Waals surface area contributed by atoms with E-state index in [0.29, 0.717) is 12.3 Å². The van der Waals surface area contributed by atoms with E-state index in [2.05, 4.69) is 34.7 Å². The van der Waals surface area contributed by atoms with Gasteiger partial charge in [-0.15, -0.1) is 11.8 Å². The SMILES string of the molecule is Cc1cc(CSc2ccccc2C(=O)NCC2(c3ccccc3)CCCC2)on1. The molecule has 29 heavy (non-hydrogen) atoms. The van der Waals surface area contributed by atoms with E-state index in [-0.39, 0.29) is 11.3 Å². The Balaban J connectivity index is 1.45. The summed E-state index contributed by atoms with van der Waals surface area (Å²) in [4.78, 5) is 14.0. The molecule has 0 radical (unpaired) electrons. The Kier molecular flexibility index (Phi) is 6.05. The molecule has 4 nitrogen and oxygen atoms in total. The smallest absolute Gasteiger partial charge is 0.252 e. The first-order valence-corrected chi connectivity index (χ1v) is 11.1. The molecule has 1 heterocycles. The quantitative estimate of drug-likeness (QED) is 0.525. The fraction of sp³-hybridized carbons (Fsp3) is 0.333. The number of hydrogen-bond donors (Lipinski definition) is 1. The van der Waals surface area contributed by atoms with Gasteiger partial charge in [0.2, 0.25) is 0 Å². The third-order valence-corrected chi connectivity index (χ3v) is 6.81. The van der Waals surface area contributed by atoms with Crippen LogP contribution >= 0.6 is 11.8 Å². The van der Waals surface area contributed by atoms with Crippen LogP contribution in [0.1, 0.15) is 53.1 Å². The summed E-state index contributed by atoms with van der Waals surface area (Å²) >= 11 is 1.60. The van der Waals surface area contributed by atoms with E-state index in [1.807, 2.05) is 43.3 Å². The predicted molar refractivity (Wildman–Crippen MR) is 116 cm³/mol. The highest BCUT2D eigenvalue weighted by molar-refractivity contribution is 7.98. The van der Waals surface area contributed by atoms with Gasteiger partial charge in [-0.25, -0.2) is 0 Å². The molecule has 1 amide bonds. The number of thioether (sulfide) groups is 1. The summed E-state index contributed by atoms with van der Waals surface area (Å²) in [5.41, 5.74) is 2.97. The Labute approximate surface area is 176 Å². The molecule has 3 aromatic rings. The van der Waals surface area contributed by atoms with Crippen molar-refractivity contribution in [2.45, 2.75) is 48.7 Å². The van der Waals surface area contributed by atoms with E-state index in [1.54, 1.807) is 11.8 Å². The van der Waals surface area contributed by atoms with E-state index in [4.69, 9.17) is 4.52 Å². The first-order valence-electron chi connectivity index (χ1n) is 10.1. The van der Waals surface area contributed by atoms with Gasteiger partial charge in [0.25, 0.3) is 5.91 Å². The molecule has 0 saturated heterocycles. The fourth-order valence-electron chi connectivity index (χ4n) is 4.17. The lowest BCUT2D eigenvalue weighted by Gasteiger charge is -2.30. The Morgan fingerprint density at radius 1 is 1.10 bits per heavy atom. The molecule has 1 aliphatic rings. The Bertz CT molecular complexity index is 962. The molecule has 0 aliphatic heterocycles. The molecule has 1 fully saturated rings. The summed E-state index contributed by atoms with van der Waals surface area (Å²) in [6.07, 6.45) is 4.68. The van der Waals surface area contributed by atoms with E-state index < -0.39 is 0 Å². The van der Waals surface area contributed by atoms with Crippen molar-refractivity contribution in [2.75, 3.05) is 6.54 Å². The Morgan fingerprint density at radius 2 is 1.83 bits per heavy atom. The minimum Gasteiger partial charge on any atom is -0.360 e. The van der Waals surface area contributed by atoms with Crippen LogP contribution < -0.4 is 5.32 Å². The van der Waals surface area contributed by atoms with E-state index in [1.165, 1.54) is 18.4 Å². The van der Waals surface area contributed by atoms with Gasteiger partial charge in [-0.3, -0.25) is 4.79 Å². The van der Waals surface area contributed by atoms with Gasteiger partial charge in [0.1, 0.15) is 5.76 Å². The molecule has 150 valence electrons. The van der Waals surface area contributed by atoms with Crippen molar-refractivity contribution in [2.24, 2.45) is 0 Å². The highest BCUT2D eigenvalue weighted by atomic mass is 32.2. The average molecular weight is 407 g/mol. The van der Waals surface area contributed by atoms with Crippen molar-refractivity contribution in [3.8, 4) is 0 Å². The van der Waals surface area contributed by atoms with Crippen molar-refractivity contribution in [1.82, 2.24) is 10.5 Å². The molecule has 0 bridgehead atoms. The first kappa shape index (κ1) is 19.8. The highest BCUT2D eigenvalue weighted by Crippen LogP contribution is 2.40. The maximum Gasteiger partial charge on any atom is 0.252 e. The summed E-state index contributed by atoms with van der Waals surface area (Å²) in [6.45, 7) is 2.58. The van der Waals surface area contributed by atoms with Gasteiger partial charge in [-0.1, -0.05) is 60.5 Å². The van der Waals surface area contributed by atoms with E-state index in [0.717, 1.165) is 34.8 Å². The number of nitrogens with zero attached hydrogens (tertiary/aromatic N) is 1. The largest absolute Gasteiger partial charge is 0.360 e. The number of hydrogen-bond acceptors (Lipinski definition) is 4. The number of carbonyl (C=O) groups excluding carboxylic acids is 1. The van der Waals surface area contributed by atoms with Crippen LogP contribution in [0.2, 0.25) is 0 Å². The molecule has 5 heteroatoms. The van der Waals surface area contributed by atoms with Crippen LogP contribution in [0, 0.1) is 6.92 Å². The number of nitrogens with one attached hydrogen (secondary N) is 1. The van der Waals surface area contributed by atoms with E-state index >= 15 is 0 Å². The van der Waals surface area contributed by atoms with Gasteiger partial charge in [-0.2, -0.15) is 0 Å². The minimum absolute atomic E-state index is 0.0101. The summed E-state index contributed by atoms with van der Waals surface area (Å²) in [5, 5.41) is 7.16. The molecule has 1 aliphatic carbocycles. The maximum atomic E-state index is 13.1. The standard InChI is InChI=1S/C24H26N2O2S/c1-18-15-20(28-26-18)16-29-22-12-6-5-11-21(22)23(27)25-17-24(13-7-8-14-24)19-9-3-2-4-10-19/h2-6,9-12,15H,7-8,13-14,16-17H2,1H3,(H,25,27). The molecule has 0 atom stereocenters. The number of aryl methyl sites for hydroxylation is 1. The molecular weight excluding hydrogens is 380 g/mol. The first-order chi connectivity index (χ1) is 14.2. The van der Waals surface area contributed by atoms with Crippen molar-refractivity contribution in [1.29, 1.82) is 0 Å². The monoisotopic (exact) mass is 406 g/mol. The third kappa shape index (κ3) is 4.56. The van der Waals surface area contributed by atoms with Gasteiger partial charge >= 0.3 is 0 Å². The molecule has 0 unspecified atom stereocenters. The van der Waals surface area contributed by atoms with Gasteiger partial charge in [-0.05, 0) is 37.5 Å². The molecule has 1 aromatic heterocycles. The van der Waals surface area contributed by atoms with Crippen molar-refractivity contribution in [3.05, 3.63) is 83.2 Å². The average Bonchev–Trinajstić information content (AvgIpc) is 3.41. The molecular formula is C24H26N2O2S. The number of benzene rings is 2. The summed E-state index contributed by atoms with van der Waals surface area (Å²) < 4.78 is 5.29. The van der Waals surface area contributed by atoms with Crippen LogP contribution in [-0.2, 0) is 11.2 Å². The van der Waals surface area contributed by atoms with Crippen LogP contribution in [0.5, 0.6) is 0 Å². The summed E-state index contributed by atoms with van der Waals surface area (Å²) in [6, 6.07) is 20.3. The fourth-order valence-corrected chi connectivity index (χ4v) is 5.09. The Morgan fingerprint density at radius 3 is 2.55 bits per heavy atom. The molecule has 2 aromatic carbocycles. The summed E-state index contributed by atoms with van der Waals surface area (Å²) in [5.74, 6) is 1.46. The van der Waals surface area contributed by atoms with Crippen LogP contribution in [0.15, 0.2) is 70.1 Å². The van der Waals surface area contributed by atoms with Gasteiger partial charge in [0.05, 0.1) is 17.0 Å². The second-order valence-electron chi connectivity index (χ2n) is 7.76. The topological polar surface area (TPSA) is 55.1 Å². The lowest BCUT2D eigenvalue weighted by Crippen LogP contribution is -2.39. The van der Waals surface area contributed by atoms with Crippen LogP contribution in [0.4, 0.5) is 0 Å². The second kappa shape index (κ2) is 8.87. The van der Waals surface area contributed by atoms with Crippen LogP contribution in [-0.4, -0.2) is 17.6 Å². The van der Waals surface area contributed by atoms with Crippen molar-refractivity contribution < 1.29 is 9.32 Å². The molecule has 1 N–H and O–H groups in total. The minimum atomic E-state index is -0.0101. The van der Waals surface area contributed by atoms with Gasteiger partial charge in [0.15, 0.2) is 0 Å². The van der Waals surface area contributed by atoms with E-state index in [9.17, 15) is 4.79 Å². The number of carbonyl (C=O) groups is 1. The van der Waals surface area contributed by atoms with Gasteiger partial charge < -0.3 is 9.84 Å². The Hall–Kier alpha value is -2.53. The molecule has 0 spiro atoms. The van der Waals surface area contributed by atoms with Crippen molar-refractivity contribution >= 4 is 17.7 Å².